The molecule has 7 heteroatoms. The van der Waals surface area contributed by atoms with Crippen LogP contribution in [-0.2, 0) is 39.3 Å². The van der Waals surface area contributed by atoms with Crippen LogP contribution in [0, 0.1) is 7.43 Å². The Morgan fingerprint density at radius 3 is 2.61 bits per heavy atom. The number of hydrogen-bond acceptors (Lipinski definition) is 2. The number of nitrogens with zero attached hydrogens (tertiary/aromatic N) is 3. The third-order valence-corrected chi connectivity index (χ3v) is 1.84. The summed E-state index contributed by atoms with van der Waals surface area (Å²) in [5.41, 5.74) is 0.0803. The first-order chi connectivity index (χ1) is 7.68. The van der Waals surface area contributed by atoms with Crippen LogP contribution in [0.1, 0.15) is 13.8 Å². The van der Waals surface area contributed by atoms with E-state index in [1.165, 1.54) is 18.5 Å². The van der Waals surface area contributed by atoms with Crippen molar-refractivity contribution in [3.63, 3.8) is 0 Å². The van der Waals surface area contributed by atoms with E-state index in [0.29, 0.717) is 11.0 Å². The van der Waals surface area contributed by atoms with Crippen LogP contribution >= 0.6 is 0 Å². The van der Waals surface area contributed by atoms with Gasteiger partial charge >= 0.3 is 0 Å². The van der Waals surface area contributed by atoms with Gasteiger partial charge in [0.05, 0.1) is 0 Å². The SMILES string of the molecule is CC.O=c1[n-]c2ccncc2n1CC(F)F.[CH3-].[Y]. The summed E-state index contributed by atoms with van der Waals surface area (Å²) in [6, 6.07) is 1.51. The number of aromatic nitrogens is 3. The van der Waals surface area contributed by atoms with Crippen LogP contribution in [0.2, 0.25) is 0 Å². The van der Waals surface area contributed by atoms with Gasteiger partial charge in [0.15, 0.2) is 5.69 Å². The second kappa shape index (κ2) is 9.33. The zero-order valence-electron chi connectivity index (χ0n) is 10.6. The van der Waals surface area contributed by atoms with Crippen LogP contribution in [0.15, 0.2) is 23.3 Å². The molecule has 0 aliphatic rings. The van der Waals surface area contributed by atoms with E-state index in [0.717, 1.165) is 4.57 Å². The minimum absolute atomic E-state index is 0. The summed E-state index contributed by atoms with van der Waals surface area (Å²) in [5.74, 6) is 0. The van der Waals surface area contributed by atoms with E-state index < -0.39 is 18.7 Å². The van der Waals surface area contributed by atoms with Gasteiger partial charge in [-0.05, 0) is 17.1 Å². The third kappa shape index (κ3) is 4.57. The van der Waals surface area contributed by atoms with Crippen molar-refractivity contribution < 1.29 is 41.5 Å². The van der Waals surface area contributed by atoms with Gasteiger partial charge in [-0.3, -0.25) is 9.78 Å². The summed E-state index contributed by atoms with van der Waals surface area (Å²) in [7, 11) is 0. The Morgan fingerprint density at radius 2 is 2.06 bits per heavy atom. The summed E-state index contributed by atoms with van der Waals surface area (Å²) in [6.45, 7) is 3.36. The monoisotopic (exact) mass is 332 g/mol. The number of rotatable bonds is 2. The van der Waals surface area contributed by atoms with Gasteiger partial charge < -0.3 is 17.0 Å². The largest absolute Gasteiger partial charge is 0.403 e. The van der Waals surface area contributed by atoms with Crippen molar-refractivity contribution in [3.8, 4) is 0 Å². The number of fused-ring (bicyclic) bond motifs is 1. The van der Waals surface area contributed by atoms with Gasteiger partial charge in [-0.2, -0.15) is 0 Å². The minimum Gasteiger partial charge on any atom is -0.403 e. The molecule has 1 radical (unpaired) electrons. The van der Waals surface area contributed by atoms with E-state index >= 15 is 0 Å². The normalized spacial score (nSPS) is 9.17. The molecule has 2 aromatic heterocycles. The topological polar surface area (TPSA) is 49.0 Å². The predicted octanol–water partition coefficient (Wildman–Crippen LogP) is 2.09. The molecule has 0 bridgehead atoms. The van der Waals surface area contributed by atoms with E-state index in [-0.39, 0.29) is 40.1 Å². The predicted molar refractivity (Wildman–Crippen MR) is 63.1 cm³/mol. The fraction of sp³-hybridized carbons (Fsp3) is 0.364. The molecule has 2 heterocycles. The second-order valence-electron chi connectivity index (χ2n) is 2.76. The molecule has 0 unspecified atom stereocenters. The van der Waals surface area contributed by atoms with Crippen LogP contribution in [0.25, 0.3) is 11.0 Å². The zero-order valence-corrected chi connectivity index (χ0v) is 13.4. The van der Waals surface area contributed by atoms with Gasteiger partial charge in [-0.1, -0.05) is 13.8 Å². The molecule has 0 atom stereocenters. The Bertz CT molecular complexity index is 510. The molecule has 4 nitrogen and oxygen atoms in total. The quantitative estimate of drug-likeness (QED) is 0.792. The number of halogens is 2. The van der Waals surface area contributed by atoms with Crippen LogP contribution in [0.3, 0.4) is 0 Å². The number of pyridine rings is 1. The van der Waals surface area contributed by atoms with E-state index in [1.54, 1.807) is 0 Å². The van der Waals surface area contributed by atoms with E-state index in [2.05, 4.69) is 9.97 Å². The summed E-state index contributed by atoms with van der Waals surface area (Å²) in [6.07, 6.45) is 0.244. The van der Waals surface area contributed by atoms with Gasteiger partial charge in [-0.25, -0.2) is 8.78 Å². The van der Waals surface area contributed by atoms with Crippen LogP contribution in [0.4, 0.5) is 8.78 Å². The maximum Gasteiger partial charge on any atom is 0.238 e. The summed E-state index contributed by atoms with van der Waals surface area (Å²) in [5, 5.41) is 0. The van der Waals surface area contributed by atoms with Gasteiger partial charge in [0, 0.05) is 51.6 Å². The van der Waals surface area contributed by atoms with E-state index in [9.17, 15) is 13.6 Å². The molecule has 2 aromatic rings. The van der Waals surface area contributed by atoms with Crippen LogP contribution in [0.5, 0.6) is 0 Å². The second-order valence-corrected chi connectivity index (χ2v) is 2.76. The molecule has 0 amide bonds. The zero-order chi connectivity index (χ0) is 12.1. The molecule has 0 saturated carbocycles. The molecule has 0 fully saturated rings. The Hall–Kier alpha value is -0.616. The van der Waals surface area contributed by atoms with E-state index in [4.69, 9.17) is 0 Å². The van der Waals surface area contributed by atoms with Crippen molar-refractivity contribution in [1.82, 2.24) is 14.5 Å². The smallest absolute Gasteiger partial charge is 0.238 e. The van der Waals surface area contributed by atoms with Crippen molar-refractivity contribution in [1.29, 1.82) is 0 Å². The fourth-order valence-corrected chi connectivity index (χ4v) is 1.26. The first-order valence-corrected chi connectivity index (χ1v) is 4.94. The summed E-state index contributed by atoms with van der Waals surface area (Å²) >= 11 is 0. The van der Waals surface area contributed by atoms with Crippen molar-refractivity contribution >= 4 is 11.0 Å². The number of imidazole rings is 1. The number of alkyl halides is 2. The maximum absolute atomic E-state index is 12.1. The molecule has 0 spiro atoms. The minimum atomic E-state index is -2.57. The van der Waals surface area contributed by atoms with Crippen molar-refractivity contribution in [3.05, 3.63) is 36.4 Å². The first-order valence-electron chi connectivity index (χ1n) is 4.94. The summed E-state index contributed by atoms with van der Waals surface area (Å²) in [4.78, 5) is 18.5. The Kier molecular flexibility index (Phi) is 10.2. The third-order valence-electron chi connectivity index (χ3n) is 1.84. The summed E-state index contributed by atoms with van der Waals surface area (Å²) < 4.78 is 25.1. The van der Waals surface area contributed by atoms with Crippen molar-refractivity contribution in [2.45, 2.75) is 26.8 Å². The van der Waals surface area contributed by atoms with Crippen molar-refractivity contribution in [2.24, 2.45) is 0 Å². The van der Waals surface area contributed by atoms with Gasteiger partial charge in [-0.15, -0.1) is 0 Å². The van der Waals surface area contributed by atoms with Crippen LogP contribution < -0.4 is 10.7 Å². The average Bonchev–Trinajstić information content (AvgIpc) is 2.58. The average molecular weight is 332 g/mol. The Morgan fingerprint density at radius 1 is 1.44 bits per heavy atom. The molecule has 2 rings (SSSR count). The molecule has 0 N–H and O–H groups in total. The van der Waals surface area contributed by atoms with E-state index in [1.807, 2.05) is 13.8 Å². The standard InChI is InChI=1S/C8H7F2N3O.C2H6.CH3.Y/c9-7(10)4-13-6-3-11-2-1-5(6)12-8(13)14;1-2;;/h1-3,7H,4H2,(H,11,12,14);1-2H3;1H3;/q;;-1;/p-1. The molecule has 0 aliphatic heterocycles. The van der Waals surface area contributed by atoms with Gasteiger partial charge in [0.25, 0.3) is 0 Å². The molecule has 18 heavy (non-hydrogen) atoms. The molecule has 99 valence electrons. The van der Waals surface area contributed by atoms with Crippen LogP contribution in [-0.4, -0.2) is 16.0 Å². The van der Waals surface area contributed by atoms with Gasteiger partial charge in [0.1, 0.15) is 0 Å². The maximum atomic E-state index is 12.1. The van der Waals surface area contributed by atoms with Crippen molar-refractivity contribution in [2.75, 3.05) is 0 Å². The first kappa shape index (κ1) is 19.7. The molecular weight excluding hydrogens is 317 g/mol. The van der Waals surface area contributed by atoms with Gasteiger partial charge in [0.2, 0.25) is 6.43 Å². The molecule has 0 saturated heterocycles. The molecule has 0 aromatic carbocycles. The molecule has 0 aliphatic carbocycles. The molecular formula is C11H15F2N3OY-2. The fourth-order valence-electron chi connectivity index (χ4n) is 1.26. The Balaban J connectivity index is 0. The number of hydrogen-bond donors (Lipinski definition) is 0. The Labute approximate surface area is 130 Å².